The summed E-state index contributed by atoms with van der Waals surface area (Å²) in [6.45, 7) is 2.87. The molecule has 4 rings (SSSR count). The summed E-state index contributed by atoms with van der Waals surface area (Å²) in [5.74, 6) is 0.952. The maximum Gasteiger partial charge on any atom is 0.293 e. The van der Waals surface area contributed by atoms with E-state index in [2.05, 4.69) is 5.32 Å². The predicted octanol–water partition coefficient (Wildman–Crippen LogP) is 0.206. The zero-order valence-electron chi connectivity index (χ0n) is 12.8. The summed E-state index contributed by atoms with van der Waals surface area (Å²) in [7, 11) is -3.96. The second-order valence-corrected chi connectivity index (χ2v) is 8.13. The van der Waals surface area contributed by atoms with Crippen LogP contribution in [0, 0.1) is 22.0 Å². The molecule has 0 amide bonds. The molecule has 130 valence electrons. The van der Waals surface area contributed by atoms with Crippen LogP contribution in [-0.2, 0) is 10.0 Å². The van der Waals surface area contributed by atoms with Crippen molar-refractivity contribution in [3.63, 3.8) is 0 Å². The molecule has 2 fully saturated rings. The standard InChI is InChI=1S/C14H17N3O6S/c18-17(19)11-3-12-13(23-2-1-22-12)4-14(11)24(20,21)16-7-9-5-15-6-10(9)8-16/h3-4,9-10,15H,1-2,5-8H2/t9-,10+. The van der Waals surface area contributed by atoms with Crippen molar-refractivity contribution in [2.24, 2.45) is 11.8 Å². The molecule has 1 aromatic rings. The summed E-state index contributed by atoms with van der Waals surface area (Å²) in [5.41, 5.74) is -0.477. The van der Waals surface area contributed by atoms with Crippen molar-refractivity contribution >= 4 is 15.7 Å². The predicted molar refractivity (Wildman–Crippen MR) is 82.7 cm³/mol. The molecule has 0 aliphatic carbocycles. The highest BCUT2D eigenvalue weighted by molar-refractivity contribution is 7.89. The van der Waals surface area contributed by atoms with Gasteiger partial charge in [-0.25, -0.2) is 8.42 Å². The highest BCUT2D eigenvalue weighted by Gasteiger charge is 2.44. The quantitative estimate of drug-likeness (QED) is 0.609. The van der Waals surface area contributed by atoms with Crippen molar-refractivity contribution in [1.82, 2.24) is 9.62 Å². The van der Waals surface area contributed by atoms with Crippen LogP contribution in [0.25, 0.3) is 0 Å². The number of sulfonamides is 1. The maximum atomic E-state index is 13.0. The van der Waals surface area contributed by atoms with E-state index < -0.39 is 20.6 Å². The molecule has 1 N–H and O–H groups in total. The first-order chi connectivity index (χ1) is 11.5. The number of rotatable bonds is 3. The lowest BCUT2D eigenvalue weighted by Crippen LogP contribution is -2.32. The van der Waals surface area contributed by atoms with E-state index in [1.807, 2.05) is 0 Å². The van der Waals surface area contributed by atoms with Gasteiger partial charge in [0.2, 0.25) is 10.0 Å². The molecule has 10 heteroatoms. The zero-order valence-corrected chi connectivity index (χ0v) is 13.6. The first-order valence-electron chi connectivity index (χ1n) is 7.75. The fourth-order valence-corrected chi connectivity index (χ4v) is 5.26. The van der Waals surface area contributed by atoms with Gasteiger partial charge in [0.25, 0.3) is 5.69 Å². The molecule has 3 aliphatic rings. The largest absolute Gasteiger partial charge is 0.486 e. The van der Waals surface area contributed by atoms with E-state index in [1.54, 1.807) is 0 Å². The monoisotopic (exact) mass is 355 g/mol. The molecule has 3 aliphatic heterocycles. The Morgan fingerprint density at radius 1 is 1.12 bits per heavy atom. The Kier molecular flexibility index (Phi) is 3.62. The van der Waals surface area contributed by atoms with E-state index in [0.29, 0.717) is 13.1 Å². The lowest BCUT2D eigenvalue weighted by Gasteiger charge is -2.21. The van der Waals surface area contributed by atoms with Gasteiger partial charge in [-0.3, -0.25) is 10.1 Å². The molecule has 9 nitrogen and oxygen atoms in total. The van der Waals surface area contributed by atoms with Crippen LogP contribution in [0.4, 0.5) is 5.69 Å². The van der Waals surface area contributed by atoms with Gasteiger partial charge in [-0.2, -0.15) is 4.31 Å². The molecule has 0 radical (unpaired) electrons. The molecule has 0 unspecified atom stereocenters. The lowest BCUT2D eigenvalue weighted by molar-refractivity contribution is -0.388. The molecule has 2 saturated heterocycles. The Labute approximate surface area is 138 Å². The topological polar surface area (TPSA) is 111 Å². The summed E-state index contributed by atoms with van der Waals surface area (Å²) in [6.07, 6.45) is 0. The number of nitro groups is 1. The van der Waals surface area contributed by atoms with E-state index in [1.165, 1.54) is 10.4 Å². The van der Waals surface area contributed by atoms with Gasteiger partial charge in [-0.05, 0) is 24.9 Å². The summed E-state index contributed by atoms with van der Waals surface area (Å²) in [4.78, 5) is 10.4. The number of ether oxygens (including phenoxy) is 2. The van der Waals surface area contributed by atoms with E-state index >= 15 is 0 Å². The normalized spacial score (nSPS) is 26.3. The lowest BCUT2D eigenvalue weighted by atomic mass is 10.0. The van der Waals surface area contributed by atoms with Gasteiger partial charge in [0.15, 0.2) is 16.4 Å². The molecule has 0 spiro atoms. The number of nitro benzene ring substituents is 1. The second-order valence-electron chi connectivity index (χ2n) is 6.22. The average molecular weight is 355 g/mol. The molecular weight excluding hydrogens is 338 g/mol. The third-order valence-corrected chi connectivity index (χ3v) is 6.66. The second kappa shape index (κ2) is 5.57. The Bertz CT molecular complexity index is 784. The van der Waals surface area contributed by atoms with Crippen molar-refractivity contribution in [1.29, 1.82) is 0 Å². The minimum absolute atomic E-state index is 0.203. The summed E-state index contributed by atoms with van der Waals surface area (Å²) in [5, 5.41) is 14.6. The minimum atomic E-state index is -3.96. The van der Waals surface area contributed by atoms with Crippen LogP contribution in [0.15, 0.2) is 17.0 Å². The molecule has 1 aromatic carbocycles. The third-order valence-electron chi connectivity index (χ3n) is 4.79. The Hall–Kier alpha value is -1.91. The highest BCUT2D eigenvalue weighted by Crippen LogP contribution is 2.41. The Balaban J connectivity index is 1.75. The van der Waals surface area contributed by atoms with Gasteiger partial charge in [0.05, 0.1) is 11.0 Å². The van der Waals surface area contributed by atoms with Crippen molar-refractivity contribution < 1.29 is 22.8 Å². The van der Waals surface area contributed by atoms with Gasteiger partial charge in [0.1, 0.15) is 13.2 Å². The summed E-state index contributed by atoms with van der Waals surface area (Å²) >= 11 is 0. The number of nitrogens with one attached hydrogen (secondary N) is 1. The Morgan fingerprint density at radius 2 is 1.71 bits per heavy atom. The average Bonchev–Trinajstić information content (AvgIpc) is 3.15. The summed E-state index contributed by atoms with van der Waals surface area (Å²) < 4.78 is 38.0. The molecule has 3 heterocycles. The maximum absolute atomic E-state index is 13.0. The van der Waals surface area contributed by atoms with Crippen LogP contribution in [0.3, 0.4) is 0 Å². The van der Waals surface area contributed by atoms with Crippen LogP contribution in [0.1, 0.15) is 0 Å². The number of nitrogens with zero attached hydrogens (tertiary/aromatic N) is 2. The molecule has 0 saturated carbocycles. The molecule has 0 aromatic heterocycles. The van der Waals surface area contributed by atoms with Crippen molar-refractivity contribution in [3.05, 3.63) is 22.2 Å². The van der Waals surface area contributed by atoms with Crippen LogP contribution in [0.2, 0.25) is 0 Å². The number of fused-ring (bicyclic) bond motifs is 2. The summed E-state index contributed by atoms with van der Waals surface area (Å²) in [6, 6.07) is 2.36. The van der Waals surface area contributed by atoms with Crippen LogP contribution in [-0.4, -0.2) is 57.0 Å². The fourth-order valence-electron chi connectivity index (χ4n) is 3.56. The van der Waals surface area contributed by atoms with E-state index in [-0.39, 0.29) is 41.4 Å². The van der Waals surface area contributed by atoms with Crippen LogP contribution >= 0.6 is 0 Å². The van der Waals surface area contributed by atoms with Crippen molar-refractivity contribution in [3.8, 4) is 11.5 Å². The third kappa shape index (κ3) is 2.41. The Morgan fingerprint density at radius 3 is 2.29 bits per heavy atom. The van der Waals surface area contributed by atoms with Crippen molar-refractivity contribution in [2.75, 3.05) is 39.4 Å². The van der Waals surface area contributed by atoms with Crippen molar-refractivity contribution in [2.45, 2.75) is 4.90 Å². The van der Waals surface area contributed by atoms with E-state index in [9.17, 15) is 18.5 Å². The molecule has 2 atom stereocenters. The SMILES string of the molecule is O=[N+]([O-])c1cc2c(cc1S(=O)(=O)N1C[C@H]3CNC[C@H]3C1)OCCO2. The number of benzene rings is 1. The van der Waals surface area contributed by atoms with Gasteiger partial charge in [0, 0.05) is 19.2 Å². The van der Waals surface area contributed by atoms with E-state index in [4.69, 9.17) is 9.47 Å². The highest BCUT2D eigenvalue weighted by atomic mass is 32.2. The first kappa shape index (κ1) is 15.6. The van der Waals surface area contributed by atoms with Crippen LogP contribution in [0.5, 0.6) is 11.5 Å². The molecular formula is C14H17N3O6S. The van der Waals surface area contributed by atoms with Gasteiger partial charge in [-0.1, -0.05) is 0 Å². The van der Waals surface area contributed by atoms with Gasteiger partial charge < -0.3 is 14.8 Å². The molecule has 24 heavy (non-hydrogen) atoms. The van der Waals surface area contributed by atoms with Gasteiger partial charge in [-0.15, -0.1) is 0 Å². The number of hydrogen-bond donors (Lipinski definition) is 1. The van der Waals surface area contributed by atoms with Crippen LogP contribution < -0.4 is 14.8 Å². The fraction of sp³-hybridized carbons (Fsp3) is 0.571. The van der Waals surface area contributed by atoms with Gasteiger partial charge >= 0.3 is 0 Å². The first-order valence-corrected chi connectivity index (χ1v) is 9.20. The molecule has 0 bridgehead atoms. The zero-order chi connectivity index (χ0) is 16.9. The minimum Gasteiger partial charge on any atom is -0.486 e. The smallest absolute Gasteiger partial charge is 0.293 e. The number of hydrogen-bond acceptors (Lipinski definition) is 7. The van der Waals surface area contributed by atoms with E-state index in [0.717, 1.165) is 19.2 Å².